The fraction of sp³-hybridized carbons (Fsp3) is 0.355. The van der Waals surface area contributed by atoms with E-state index < -0.39 is 31.6 Å². The van der Waals surface area contributed by atoms with E-state index in [-0.39, 0.29) is 36.6 Å². The summed E-state index contributed by atoms with van der Waals surface area (Å²) in [4.78, 5) is 44.2. The van der Waals surface area contributed by atoms with Gasteiger partial charge in [-0.25, -0.2) is 18.1 Å². The summed E-state index contributed by atoms with van der Waals surface area (Å²) in [7, 11) is -2.88. The molecule has 47 heavy (non-hydrogen) atoms. The van der Waals surface area contributed by atoms with Crippen LogP contribution in [0, 0.1) is 16.0 Å². The maximum atomic E-state index is 13.7. The van der Waals surface area contributed by atoms with Crippen LogP contribution in [-0.2, 0) is 27.9 Å². The first kappa shape index (κ1) is 32.0. The molecule has 2 aliphatic rings. The number of nitro benzene ring substituents is 1. The van der Waals surface area contributed by atoms with Crippen molar-refractivity contribution in [1.82, 2.24) is 24.6 Å². The summed E-state index contributed by atoms with van der Waals surface area (Å²) in [6.45, 7) is 0.377. The van der Waals surface area contributed by atoms with Crippen LogP contribution in [0.4, 0.5) is 11.5 Å². The van der Waals surface area contributed by atoms with Crippen molar-refractivity contribution in [2.75, 3.05) is 19.0 Å². The summed E-state index contributed by atoms with van der Waals surface area (Å²) in [5.41, 5.74) is 0.842. The molecule has 1 aliphatic heterocycles. The molecule has 3 N–H and O–H groups in total. The van der Waals surface area contributed by atoms with Gasteiger partial charge in [-0.1, -0.05) is 12.1 Å². The van der Waals surface area contributed by atoms with Gasteiger partial charge in [0.15, 0.2) is 23.1 Å². The Balaban J connectivity index is 1.23. The maximum absolute atomic E-state index is 13.7. The standard InChI is InChI=1S/C31H33N7O8S/c1-45-22-14-26-23(33-16-22)11-13-30(40)37(26)17-24(36-47(43,44)28-5-3-2-4-25(28)38(41)42)19-6-8-20(9-7-19)32-15-21-10-12-27-31(34-21)35-29(39)18-46-27/h2-5,10-14,16,19-20,24,32,36H,6-9,15,17-18H2,1H3,(H,34,35,39). The SMILES string of the molecule is COc1cnc2ccc(=O)n(CC(NS(=O)(=O)c3ccccc3[N+](=O)[O-])C3CCC(NCc4ccc5c(n4)NC(=O)CO5)CC3)c2c1. The van der Waals surface area contributed by atoms with Crippen molar-refractivity contribution in [3.8, 4) is 11.5 Å². The second-order valence-corrected chi connectivity index (χ2v) is 13.2. The largest absolute Gasteiger partial charge is 0.495 e. The molecule has 0 bridgehead atoms. The van der Waals surface area contributed by atoms with Gasteiger partial charge in [-0.2, -0.15) is 0 Å². The molecule has 4 heterocycles. The number of pyridine rings is 3. The Morgan fingerprint density at radius 1 is 1.13 bits per heavy atom. The van der Waals surface area contributed by atoms with Gasteiger partial charge >= 0.3 is 0 Å². The van der Waals surface area contributed by atoms with Crippen LogP contribution >= 0.6 is 0 Å². The van der Waals surface area contributed by atoms with E-state index in [1.807, 2.05) is 6.07 Å². The van der Waals surface area contributed by atoms with E-state index in [2.05, 4.69) is 25.3 Å². The predicted molar refractivity (Wildman–Crippen MR) is 171 cm³/mol. The number of carbonyl (C=O) groups is 1. The fourth-order valence-electron chi connectivity index (χ4n) is 6.10. The summed E-state index contributed by atoms with van der Waals surface area (Å²) in [6, 6.07) is 12.7. The van der Waals surface area contributed by atoms with Crippen LogP contribution in [0.2, 0.25) is 0 Å². The molecule has 3 aromatic heterocycles. The van der Waals surface area contributed by atoms with Gasteiger partial charge < -0.3 is 24.7 Å². The Labute approximate surface area is 269 Å². The lowest BCUT2D eigenvalue weighted by Crippen LogP contribution is -2.47. The number of hydrogen-bond donors (Lipinski definition) is 3. The van der Waals surface area contributed by atoms with E-state index in [4.69, 9.17) is 9.47 Å². The number of carbonyl (C=O) groups excluding carboxylic acids is 1. The molecule has 1 aliphatic carbocycles. The number of ether oxygens (including phenoxy) is 2. The van der Waals surface area contributed by atoms with Gasteiger partial charge in [-0.3, -0.25) is 24.7 Å². The quantitative estimate of drug-likeness (QED) is 0.158. The molecule has 1 atom stereocenters. The summed E-state index contributed by atoms with van der Waals surface area (Å²) < 4.78 is 42.3. The van der Waals surface area contributed by atoms with Crippen LogP contribution in [0.15, 0.2) is 70.5 Å². The van der Waals surface area contributed by atoms with Crippen molar-refractivity contribution in [1.29, 1.82) is 0 Å². The van der Waals surface area contributed by atoms with Crippen LogP contribution in [0.3, 0.4) is 0 Å². The van der Waals surface area contributed by atoms with Crippen molar-refractivity contribution in [2.24, 2.45) is 5.92 Å². The molecule has 0 saturated heterocycles. The number of anilines is 1. The highest BCUT2D eigenvalue weighted by molar-refractivity contribution is 7.89. The lowest BCUT2D eigenvalue weighted by molar-refractivity contribution is -0.387. The van der Waals surface area contributed by atoms with Crippen molar-refractivity contribution in [2.45, 2.75) is 55.8 Å². The number of nitrogens with zero attached hydrogens (tertiary/aromatic N) is 4. The molecule has 1 fully saturated rings. The number of aromatic nitrogens is 3. The smallest absolute Gasteiger partial charge is 0.289 e. The normalized spacial score (nSPS) is 18.5. The molecule has 0 radical (unpaired) electrons. The van der Waals surface area contributed by atoms with Gasteiger partial charge in [0.2, 0.25) is 10.0 Å². The van der Waals surface area contributed by atoms with Crippen molar-refractivity contribution < 1.29 is 27.6 Å². The molecular formula is C31H33N7O8S. The number of nitro groups is 1. The fourth-order valence-corrected chi connectivity index (χ4v) is 7.57. The molecular weight excluding hydrogens is 630 g/mol. The highest BCUT2D eigenvalue weighted by Crippen LogP contribution is 2.31. The van der Waals surface area contributed by atoms with Crippen LogP contribution in [0.1, 0.15) is 31.4 Å². The topological polar surface area (TPSA) is 197 Å². The van der Waals surface area contributed by atoms with E-state index in [9.17, 15) is 28.1 Å². The highest BCUT2D eigenvalue weighted by Gasteiger charge is 2.34. The summed E-state index contributed by atoms with van der Waals surface area (Å²) >= 11 is 0. The zero-order valence-electron chi connectivity index (χ0n) is 25.4. The average molecular weight is 664 g/mol. The van der Waals surface area contributed by atoms with Gasteiger partial charge in [-0.05, 0) is 55.9 Å². The molecule has 6 rings (SSSR count). The molecule has 1 aromatic carbocycles. The molecule has 1 saturated carbocycles. The van der Waals surface area contributed by atoms with E-state index in [1.54, 1.807) is 18.2 Å². The first-order valence-electron chi connectivity index (χ1n) is 15.1. The Bertz CT molecular complexity index is 1990. The van der Waals surface area contributed by atoms with Crippen LogP contribution < -0.4 is 30.4 Å². The lowest BCUT2D eigenvalue weighted by Gasteiger charge is -2.35. The van der Waals surface area contributed by atoms with Crippen LogP contribution in [0.5, 0.6) is 11.5 Å². The minimum absolute atomic E-state index is 0.0273. The van der Waals surface area contributed by atoms with Crippen molar-refractivity contribution in [3.63, 3.8) is 0 Å². The maximum Gasteiger partial charge on any atom is 0.289 e. The molecule has 246 valence electrons. The molecule has 0 spiro atoms. The highest BCUT2D eigenvalue weighted by atomic mass is 32.2. The second kappa shape index (κ2) is 13.4. The van der Waals surface area contributed by atoms with Gasteiger partial charge in [0, 0.05) is 43.4 Å². The Morgan fingerprint density at radius 2 is 1.91 bits per heavy atom. The number of fused-ring (bicyclic) bond motifs is 2. The number of amides is 1. The summed E-state index contributed by atoms with van der Waals surface area (Å²) in [5.74, 6) is 0.878. The molecule has 1 unspecified atom stereocenters. The first-order valence-corrected chi connectivity index (χ1v) is 16.5. The van der Waals surface area contributed by atoms with Crippen LogP contribution in [-0.4, -0.2) is 59.6 Å². The Kier molecular flexibility index (Phi) is 9.15. The second-order valence-electron chi connectivity index (χ2n) is 11.5. The monoisotopic (exact) mass is 663 g/mol. The van der Waals surface area contributed by atoms with Gasteiger partial charge in [0.25, 0.3) is 17.2 Å². The van der Waals surface area contributed by atoms with E-state index in [0.717, 1.165) is 11.8 Å². The molecule has 16 heteroatoms. The number of para-hydroxylation sites is 1. The third-order valence-corrected chi connectivity index (χ3v) is 10.1. The molecule has 4 aromatic rings. The number of sulfonamides is 1. The molecule has 1 amide bonds. The number of rotatable bonds is 11. The number of nitrogens with one attached hydrogen (secondary N) is 3. The number of benzene rings is 1. The minimum atomic E-state index is -4.37. The Hall–Kier alpha value is -4.93. The Morgan fingerprint density at radius 3 is 2.68 bits per heavy atom. The third-order valence-electron chi connectivity index (χ3n) is 8.53. The zero-order chi connectivity index (χ0) is 33.1. The van der Waals surface area contributed by atoms with E-state index >= 15 is 0 Å². The third kappa shape index (κ3) is 7.08. The van der Waals surface area contributed by atoms with E-state index in [0.29, 0.717) is 60.6 Å². The summed E-state index contributed by atoms with van der Waals surface area (Å²) in [6.07, 6.45) is 4.18. The zero-order valence-corrected chi connectivity index (χ0v) is 26.2. The minimum Gasteiger partial charge on any atom is -0.495 e. The number of methoxy groups -OCH3 is 1. The van der Waals surface area contributed by atoms with Crippen LogP contribution in [0.25, 0.3) is 11.0 Å². The van der Waals surface area contributed by atoms with Gasteiger partial charge in [-0.15, -0.1) is 0 Å². The number of hydrogen-bond acceptors (Lipinski definition) is 11. The van der Waals surface area contributed by atoms with Gasteiger partial charge in [0.05, 0.1) is 35.0 Å². The van der Waals surface area contributed by atoms with E-state index in [1.165, 1.54) is 42.1 Å². The predicted octanol–water partition coefficient (Wildman–Crippen LogP) is 2.73. The first-order chi connectivity index (χ1) is 22.6. The van der Waals surface area contributed by atoms with Crippen molar-refractivity contribution >= 4 is 38.5 Å². The lowest BCUT2D eigenvalue weighted by atomic mass is 9.81. The van der Waals surface area contributed by atoms with Crippen molar-refractivity contribution in [3.05, 3.63) is 87.0 Å². The summed E-state index contributed by atoms with van der Waals surface area (Å²) in [5, 5.41) is 17.9. The molecule has 15 nitrogen and oxygen atoms in total. The average Bonchev–Trinajstić information content (AvgIpc) is 3.07. The van der Waals surface area contributed by atoms with Gasteiger partial charge in [0.1, 0.15) is 5.75 Å².